The molecular formula is C15H21N3O2. The van der Waals surface area contributed by atoms with Gasteiger partial charge in [0.25, 0.3) is 0 Å². The molecule has 3 N–H and O–H groups in total. The van der Waals surface area contributed by atoms with E-state index in [-0.39, 0.29) is 6.61 Å². The predicted octanol–water partition coefficient (Wildman–Crippen LogP) is 0.932. The lowest BCUT2D eigenvalue weighted by Crippen LogP contribution is -2.29. The van der Waals surface area contributed by atoms with Gasteiger partial charge in [0.1, 0.15) is 0 Å². The van der Waals surface area contributed by atoms with E-state index in [1.807, 2.05) is 48.9 Å². The van der Waals surface area contributed by atoms with Gasteiger partial charge in [0.05, 0.1) is 24.1 Å². The number of aliphatic hydroxyl groups excluding tert-OH is 2. The lowest BCUT2D eigenvalue weighted by Gasteiger charge is -2.09. The molecule has 0 aliphatic heterocycles. The van der Waals surface area contributed by atoms with Crippen molar-refractivity contribution in [1.29, 1.82) is 0 Å². The smallest absolute Gasteiger partial charge is 0.0895 e. The molecule has 5 nitrogen and oxygen atoms in total. The van der Waals surface area contributed by atoms with Crippen molar-refractivity contribution in [3.8, 4) is 5.69 Å². The van der Waals surface area contributed by atoms with Crippen molar-refractivity contribution in [2.45, 2.75) is 26.5 Å². The summed E-state index contributed by atoms with van der Waals surface area (Å²) in [7, 11) is 0. The van der Waals surface area contributed by atoms with Crippen LogP contribution in [0.2, 0.25) is 0 Å². The summed E-state index contributed by atoms with van der Waals surface area (Å²) in [6.07, 6.45) is -0.722. The Balaban J connectivity index is 2.13. The number of nitrogens with zero attached hydrogens (tertiary/aromatic N) is 2. The second kappa shape index (κ2) is 6.65. The van der Waals surface area contributed by atoms with Gasteiger partial charge in [-0.1, -0.05) is 18.2 Å². The van der Waals surface area contributed by atoms with Crippen LogP contribution in [0.1, 0.15) is 17.0 Å². The van der Waals surface area contributed by atoms with Crippen LogP contribution < -0.4 is 5.32 Å². The molecule has 2 aromatic rings. The summed E-state index contributed by atoms with van der Waals surface area (Å²) < 4.78 is 1.93. The molecule has 0 amide bonds. The van der Waals surface area contributed by atoms with Gasteiger partial charge in [-0.15, -0.1) is 0 Å². The number of aryl methyl sites for hydroxylation is 1. The molecule has 0 saturated heterocycles. The standard InChI is InChI=1S/C15H21N3O2/c1-11-15(9-16-8-14(20)10-19)12(2)18(17-11)13-6-4-3-5-7-13/h3-7,14,16,19-20H,8-10H2,1-2H3. The second-order valence-corrected chi connectivity index (χ2v) is 4.86. The molecule has 1 unspecified atom stereocenters. The van der Waals surface area contributed by atoms with Gasteiger partial charge in [-0.05, 0) is 26.0 Å². The van der Waals surface area contributed by atoms with Gasteiger partial charge in [-0.2, -0.15) is 5.10 Å². The minimum Gasteiger partial charge on any atom is -0.394 e. The highest BCUT2D eigenvalue weighted by molar-refractivity contribution is 5.36. The molecule has 0 saturated carbocycles. The van der Waals surface area contributed by atoms with Gasteiger partial charge in [0, 0.05) is 24.3 Å². The van der Waals surface area contributed by atoms with Crippen LogP contribution in [0.5, 0.6) is 0 Å². The maximum absolute atomic E-state index is 9.32. The van der Waals surface area contributed by atoms with Crippen molar-refractivity contribution in [3.05, 3.63) is 47.3 Å². The summed E-state index contributed by atoms with van der Waals surface area (Å²) in [6.45, 7) is 4.78. The van der Waals surface area contributed by atoms with Crippen molar-refractivity contribution < 1.29 is 10.2 Å². The second-order valence-electron chi connectivity index (χ2n) is 4.86. The minimum atomic E-state index is -0.722. The average molecular weight is 275 g/mol. The highest BCUT2D eigenvalue weighted by Gasteiger charge is 2.12. The zero-order valence-corrected chi connectivity index (χ0v) is 11.9. The van der Waals surface area contributed by atoms with Gasteiger partial charge in [-0.3, -0.25) is 0 Å². The number of benzene rings is 1. The summed E-state index contributed by atoms with van der Waals surface area (Å²) >= 11 is 0. The van der Waals surface area contributed by atoms with E-state index in [0.717, 1.165) is 22.6 Å². The highest BCUT2D eigenvalue weighted by atomic mass is 16.3. The van der Waals surface area contributed by atoms with E-state index in [1.54, 1.807) is 0 Å². The van der Waals surface area contributed by atoms with Gasteiger partial charge in [0.2, 0.25) is 0 Å². The van der Waals surface area contributed by atoms with Crippen LogP contribution in [0.3, 0.4) is 0 Å². The number of rotatable bonds is 6. The zero-order valence-electron chi connectivity index (χ0n) is 11.9. The summed E-state index contributed by atoms with van der Waals surface area (Å²) in [5, 5.41) is 25.8. The van der Waals surface area contributed by atoms with Gasteiger partial charge >= 0.3 is 0 Å². The van der Waals surface area contributed by atoms with E-state index in [0.29, 0.717) is 13.1 Å². The highest BCUT2D eigenvalue weighted by Crippen LogP contribution is 2.17. The Labute approximate surface area is 118 Å². The number of aliphatic hydroxyl groups is 2. The first-order chi connectivity index (χ1) is 9.63. The van der Waals surface area contributed by atoms with E-state index in [2.05, 4.69) is 10.4 Å². The van der Waals surface area contributed by atoms with Gasteiger partial charge < -0.3 is 15.5 Å². The average Bonchev–Trinajstić information content (AvgIpc) is 2.75. The fourth-order valence-electron chi connectivity index (χ4n) is 2.18. The first-order valence-corrected chi connectivity index (χ1v) is 6.73. The molecule has 1 aromatic heterocycles. The normalized spacial score (nSPS) is 12.6. The van der Waals surface area contributed by atoms with Crippen LogP contribution in [0.25, 0.3) is 5.69 Å². The summed E-state index contributed by atoms with van der Waals surface area (Å²) in [4.78, 5) is 0. The Morgan fingerprint density at radius 2 is 1.95 bits per heavy atom. The van der Waals surface area contributed by atoms with Crippen LogP contribution in [-0.4, -0.2) is 39.2 Å². The van der Waals surface area contributed by atoms with Gasteiger partial charge in [0.15, 0.2) is 0 Å². The lowest BCUT2D eigenvalue weighted by molar-refractivity contribution is 0.0942. The predicted molar refractivity (Wildman–Crippen MR) is 77.8 cm³/mol. The minimum absolute atomic E-state index is 0.228. The number of aromatic nitrogens is 2. The molecule has 0 bridgehead atoms. The summed E-state index contributed by atoms with van der Waals surface area (Å²) in [6, 6.07) is 9.99. The maximum atomic E-state index is 9.32. The third-order valence-electron chi connectivity index (χ3n) is 3.33. The molecule has 0 radical (unpaired) electrons. The number of nitrogens with one attached hydrogen (secondary N) is 1. The Morgan fingerprint density at radius 1 is 1.25 bits per heavy atom. The lowest BCUT2D eigenvalue weighted by atomic mass is 10.2. The molecule has 2 rings (SSSR count). The third-order valence-corrected chi connectivity index (χ3v) is 3.33. The van der Waals surface area contributed by atoms with Crippen LogP contribution in [0.15, 0.2) is 30.3 Å². The van der Waals surface area contributed by atoms with E-state index in [1.165, 1.54) is 0 Å². The SMILES string of the molecule is Cc1nn(-c2ccccc2)c(C)c1CNCC(O)CO. The molecule has 1 heterocycles. The molecule has 108 valence electrons. The molecule has 0 spiro atoms. The molecule has 1 atom stereocenters. The monoisotopic (exact) mass is 275 g/mol. The van der Waals surface area contributed by atoms with Crippen LogP contribution >= 0.6 is 0 Å². The molecule has 0 aliphatic carbocycles. The quantitative estimate of drug-likeness (QED) is 0.733. The van der Waals surface area contributed by atoms with Gasteiger partial charge in [-0.25, -0.2) is 4.68 Å². The Kier molecular flexibility index (Phi) is 4.89. The first kappa shape index (κ1) is 14.7. The van der Waals surface area contributed by atoms with E-state index in [9.17, 15) is 5.11 Å². The Hall–Kier alpha value is -1.69. The number of hydrogen-bond donors (Lipinski definition) is 3. The topological polar surface area (TPSA) is 70.3 Å². The maximum Gasteiger partial charge on any atom is 0.0895 e. The van der Waals surface area contributed by atoms with Crippen molar-refractivity contribution in [1.82, 2.24) is 15.1 Å². The summed E-state index contributed by atoms with van der Waals surface area (Å²) in [5.74, 6) is 0. The molecule has 20 heavy (non-hydrogen) atoms. The van der Waals surface area contributed by atoms with E-state index < -0.39 is 6.10 Å². The molecule has 0 aliphatic rings. The van der Waals surface area contributed by atoms with E-state index in [4.69, 9.17) is 5.11 Å². The molecule has 5 heteroatoms. The Morgan fingerprint density at radius 3 is 2.60 bits per heavy atom. The largest absolute Gasteiger partial charge is 0.394 e. The number of para-hydroxylation sites is 1. The van der Waals surface area contributed by atoms with Crippen molar-refractivity contribution >= 4 is 0 Å². The third kappa shape index (κ3) is 3.25. The van der Waals surface area contributed by atoms with Crippen molar-refractivity contribution in [3.63, 3.8) is 0 Å². The van der Waals surface area contributed by atoms with Crippen LogP contribution in [0.4, 0.5) is 0 Å². The zero-order chi connectivity index (χ0) is 14.5. The van der Waals surface area contributed by atoms with Crippen LogP contribution in [-0.2, 0) is 6.54 Å². The summed E-state index contributed by atoms with van der Waals surface area (Å²) in [5.41, 5.74) is 4.21. The van der Waals surface area contributed by atoms with Crippen molar-refractivity contribution in [2.75, 3.05) is 13.2 Å². The fourth-order valence-corrected chi connectivity index (χ4v) is 2.18. The molecule has 0 fully saturated rings. The Bertz CT molecular complexity index is 552. The molecular weight excluding hydrogens is 254 g/mol. The number of hydrogen-bond acceptors (Lipinski definition) is 4. The molecule has 1 aromatic carbocycles. The fraction of sp³-hybridized carbons (Fsp3) is 0.400. The first-order valence-electron chi connectivity index (χ1n) is 6.73. The van der Waals surface area contributed by atoms with E-state index >= 15 is 0 Å². The van der Waals surface area contributed by atoms with Crippen LogP contribution in [0, 0.1) is 13.8 Å². The van der Waals surface area contributed by atoms with Crippen molar-refractivity contribution in [2.24, 2.45) is 0 Å².